The molecule has 3 N–H and O–H groups in total. The Balaban J connectivity index is 1.64. The number of nitrogens with one attached hydrogen (secondary N) is 3. The Morgan fingerprint density at radius 1 is 1.25 bits per heavy atom. The topological polar surface area (TPSA) is 106 Å². The number of rotatable bonds is 8. The van der Waals surface area contributed by atoms with Crippen molar-refractivity contribution in [3.8, 4) is 17.9 Å². The van der Waals surface area contributed by atoms with E-state index < -0.39 is 0 Å². The highest BCUT2D eigenvalue weighted by atomic mass is 16.2. The van der Waals surface area contributed by atoms with Crippen LogP contribution in [0, 0.1) is 23.2 Å². The molecule has 1 amide bonds. The highest BCUT2D eigenvalue weighted by molar-refractivity contribution is 5.81. The summed E-state index contributed by atoms with van der Waals surface area (Å²) in [5.41, 5.74) is 2.24. The lowest BCUT2D eigenvalue weighted by Crippen LogP contribution is -2.40. The monoisotopic (exact) mass is 431 g/mol. The average Bonchev–Trinajstić information content (AvgIpc) is 3.36. The summed E-state index contributed by atoms with van der Waals surface area (Å²) >= 11 is 0. The predicted molar refractivity (Wildman–Crippen MR) is 126 cm³/mol. The number of unbranched alkanes of at least 4 members (excludes halogenated alkanes) is 1. The van der Waals surface area contributed by atoms with Crippen molar-refractivity contribution in [1.29, 1.82) is 5.26 Å². The van der Waals surface area contributed by atoms with E-state index in [1.54, 1.807) is 25.4 Å². The molecule has 0 spiro atoms. The van der Waals surface area contributed by atoms with Crippen LogP contribution in [-0.2, 0) is 4.79 Å². The summed E-state index contributed by atoms with van der Waals surface area (Å²) in [6.45, 7) is 4.34. The van der Waals surface area contributed by atoms with Gasteiger partial charge in [-0.2, -0.15) is 10.2 Å². The van der Waals surface area contributed by atoms with Gasteiger partial charge in [0.2, 0.25) is 11.9 Å². The fraction of sp³-hybridized carbons (Fsp3) is 0.417. The number of likely N-dealkylation sites (N-methyl/N-ethyl adjacent to an activating group) is 1. The van der Waals surface area contributed by atoms with Crippen molar-refractivity contribution in [3.63, 3.8) is 0 Å². The van der Waals surface area contributed by atoms with E-state index in [0.29, 0.717) is 24.5 Å². The third-order valence-corrected chi connectivity index (χ3v) is 5.27. The van der Waals surface area contributed by atoms with E-state index in [0.717, 1.165) is 49.4 Å². The number of anilines is 3. The second kappa shape index (κ2) is 11.7. The number of hydrogen-bond acceptors (Lipinski definition) is 7. The van der Waals surface area contributed by atoms with Gasteiger partial charge in [0, 0.05) is 31.7 Å². The molecule has 0 saturated carbocycles. The molecule has 8 nitrogen and oxygen atoms in total. The van der Waals surface area contributed by atoms with Gasteiger partial charge in [-0.1, -0.05) is 11.8 Å². The van der Waals surface area contributed by atoms with Crippen LogP contribution in [0.15, 0.2) is 30.5 Å². The molecule has 0 unspecified atom stereocenters. The van der Waals surface area contributed by atoms with Gasteiger partial charge >= 0.3 is 0 Å². The summed E-state index contributed by atoms with van der Waals surface area (Å²) < 4.78 is 0. The zero-order chi connectivity index (χ0) is 22.8. The smallest absolute Gasteiger partial charge is 0.236 e. The molecule has 1 aliphatic heterocycles. The number of hydrogen-bond donors (Lipinski definition) is 3. The molecule has 166 valence electrons. The van der Waals surface area contributed by atoms with Crippen molar-refractivity contribution < 1.29 is 4.79 Å². The van der Waals surface area contributed by atoms with Gasteiger partial charge in [0.15, 0.2) is 0 Å². The van der Waals surface area contributed by atoms with Gasteiger partial charge < -0.3 is 20.9 Å². The number of benzene rings is 1. The SMILES string of the molecule is CN[C@@H](C)C(=O)NCCCC#Cc1cnc(Nc2ccc(C#N)cc2)nc1N1CCCC1. The van der Waals surface area contributed by atoms with Crippen molar-refractivity contribution in [1.82, 2.24) is 20.6 Å². The maximum atomic E-state index is 11.8. The van der Waals surface area contributed by atoms with E-state index >= 15 is 0 Å². The summed E-state index contributed by atoms with van der Waals surface area (Å²) in [4.78, 5) is 23.2. The maximum Gasteiger partial charge on any atom is 0.236 e. The highest BCUT2D eigenvalue weighted by Crippen LogP contribution is 2.24. The fourth-order valence-electron chi connectivity index (χ4n) is 3.28. The van der Waals surface area contributed by atoms with E-state index in [-0.39, 0.29) is 11.9 Å². The average molecular weight is 432 g/mol. The molecule has 1 atom stereocenters. The molecule has 1 fully saturated rings. The molecule has 2 heterocycles. The zero-order valence-corrected chi connectivity index (χ0v) is 18.6. The largest absolute Gasteiger partial charge is 0.355 e. The molecule has 3 rings (SSSR count). The summed E-state index contributed by atoms with van der Waals surface area (Å²) in [5, 5.41) is 18.0. The second-order valence-electron chi connectivity index (χ2n) is 7.65. The van der Waals surface area contributed by atoms with Crippen molar-refractivity contribution in [2.45, 2.75) is 38.6 Å². The Morgan fingerprint density at radius 2 is 2.00 bits per heavy atom. The molecule has 1 aromatic carbocycles. The van der Waals surface area contributed by atoms with Crippen LogP contribution in [0.3, 0.4) is 0 Å². The predicted octanol–water partition coefficient (Wildman–Crippen LogP) is 2.55. The van der Waals surface area contributed by atoms with Crippen molar-refractivity contribution in [2.24, 2.45) is 0 Å². The third kappa shape index (κ3) is 6.44. The first-order chi connectivity index (χ1) is 15.6. The van der Waals surface area contributed by atoms with Gasteiger partial charge in [-0.25, -0.2) is 4.98 Å². The van der Waals surface area contributed by atoms with Crippen LogP contribution >= 0.6 is 0 Å². The van der Waals surface area contributed by atoms with E-state index in [1.165, 1.54) is 0 Å². The van der Waals surface area contributed by atoms with Gasteiger partial charge in [0.1, 0.15) is 5.82 Å². The van der Waals surface area contributed by atoms with Crippen LogP contribution in [0.25, 0.3) is 0 Å². The van der Waals surface area contributed by atoms with Crippen LogP contribution in [0.5, 0.6) is 0 Å². The first kappa shape index (κ1) is 23.1. The van der Waals surface area contributed by atoms with E-state index in [4.69, 9.17) is 10.2 Å². The number of carbonyl (C=O) groups excluding carboxylic acids is 1. The Labute approximate surface area is 189 Å². The Hall–Kier alpha value is -3.62. The van der Waals surface area contributed by atoms with Gasteiger partial charge in [0.25, 0.3) is 0 Å². The number of aromatic nitrogens is 2. The minimum absolute atomic E-state index is 0.00414. The van der Waals surface area contributed by atoms with E-state index in [9.17, 15) is 4.79 Å². The normalized spacial score (nSPS) is 13.6. The van der Waals surface area contributed by atoms with Crippen molar-refractivity contribution in [2.75, 3.05) is 36.9 Å². The summed E-state index contributed by atoms with van der Waals surface area (Å²) in [7, 11) is 1.76. The number of carbonyl (C=O) groups is 1. The molecule has 2 aromatic rings. The molecular weight excluding hydrogens is 402 g/mol. The van der Waals surface area contributed by atoms with Gasteiger partial charge in [-0.15, -0.1) is 0 Å². The van der Waals surface area contributed by atoms with Crippen LogP contribution in [-0.4, -0.2) is 48.6 Å². The van der Waals surface area contributed by atoms with Crippen LogP contribution in [0.2, 0.25) is 0 Å². The molecular formula is C24H29N7O. The van der Waals surface area contributed by atoms with Crippen molar-refractivity contribution in [3.05, 3.63) is 41.6 Å². The van der Waals surface area contributed by atoms with Crippen molar-refractivity contribution >= 4 is 23.4 Å². The maximum absolute atomic E-state index is 11.8. The Kier molecular flexibility index (Phi) is 8.42. The standard InChI is InChI=1S/C24H29N7O/c1-18(26-2)23(32)27-13-5-3-4-8-20-17-28-24(30-22(20)31-14-6-7-15-31)29-21-11-9-19(16-25)10-12-21/h9-12,17-18,26H,3,5-7,13-15H2,1-2H3,(H,27,32)(H,28,29,30)/t18-/m0/s1. The van der Waals surface area contributed by atoms with Crippen LogP contribution < -0.4 is 20.9 Å². The molecule has 1 aliphatic rings. The molecule has 8 heteroatoms. The number of nitrogens with zero attached hydrogens (tertiary/aromatic N) is 4. The number of amides is 1. The second-order valence-corrected chi connectivity index (χ2v) is 7.65. The molecule has 1 aromatic heterocycles. The van der Waals surface area contributed by atoms with Gasteiger partial charge in [0.05, 0.1) is 29.4 Å². The van der Waals surface area contributed by atoms with Crippen LogP contribution in [0.1, 0.15) is 43.7 Å². The lowest BCUT2D eigenvalue weighted by atomic mass is 10.2. The Bertz CT molecular complexity index is 1010. The minimum atomic E-state index is -0.197. The quantitative estimate of drug-likeness (QED) is 0.436. The van der Waals surface area contributed by atoms with E-state index in [1.807, 2.05) is 19.1 Å². The third-order valence-electron chi connectivity index (χ3n) is 5.27. The molecule has 32 heavy (non-hydrogen) atoms. The molecule has 0 aliphatic carbocycles. The van der Waals surface area contributed by atoms with Gasteiger partial charge in [-0.3, -0.25) is 4.79 Å². The zero-order valence-electron chi connectivity index (χ0n) is 18.6. The minimum Gasteiger partial charge on any atom is -0.355 e. The summed E-state index contributed by atoms with van der Waals surface area (Å²) in [5.74, 6) is 7.75. The lowest BCUT2D eigenvalue weighted by molar-refractivity contribution is -0.122. The molecule has 0 bridgehead atoms. The highest BCUT2D eigenvalue weighted by Gasteiger charge is 2.18. The first-order valence-electron chi connectivity index (χ1n) is 10.9. The molecule has 0 radical (unpaired) electrons. The van der Waals surface area contributed by atoms with Gasteiger partial charge in [-0.05, 0) is 57.5 Å². The summed E-state index contributed by atoms with van der Waals surface area (Å²) in [6, 6.07) is 9.10. The Morgan fingerprint density at radius 3 is 2.69 bits per heavy atom. The fourth-order valence-corrected chi connectivity index (χ4v) is 3.28. The van der Waals surface area contributed by atoms with Crippen LogP contribution in [0.4, 0.5) is 17.5 Å². The first-order valence-corrected chi connectivity index (χ1v) is 10.9. The lowest BCUT2D eigenvalue weighted by Gasteiger charge is -2.18. The number of nitriles is 1. The molecule has 1 saturated heterocycles. The van der Waals surface area contributed by atoms with E-state index in [2.05, 4.69) is 43.7 Å². The summed E-state index contributed by atoms with van der Waals surface area (Å²) in [6.07, 6.45) is 5.50.